The second-order valence-electron chi connectivity index (χ2n) is 5.75. The minimum atomic E-state index is -0.410. The topological polar surface area (TPSA) is 81.3 Å². The molecule has 130 valence electrons. The average Bonchev–Trinajstić information content (AvgIpc) is 2.99. The first-order valence-electron chi connectivity index (χ1n) is 7.95. The van der Waals surface area contributed by atoms with Gasteiger partial charge in [-0.3, -0.25) is 9.59 Å². The van der Waals surface area contributed by atoms with Crippen molar-refractivity contribution in [1.29, 1.82) is 0 Å². The van der Waals surface area contributed by atoms with Gasteiger partial charge in [-0.25, -0.2) is 10.1 Å². The maximum atomic E-state index is 12.4. The lowest BCUT2D eigenvalue weighted by Crippen LogP contribution is -2.32. The summed E-state index contributed by atoms with van der Waals surface area (Å²) >= 11 is 1.47. The minimum absolute atomic E-state index is 0.193. The Morgan fingerprint density at radius 1 is 1.19 bits per heavy atom. The van der Waals surface area contributed by atoms with Crippen molar-refractivity contribution in [3.63, 3.8) is 0 Å². The summed E-state index contributed by atoms with van der Waals surface area (Å²) in [7, 11) is 1.89. The molecule has 4 aromatic rings. The average molecular weight is 365 g/mol. The molecular formula is C18H15N5O2S. The first kappa shape index (κ1) is 16.2. The van der Waals surface area contributed by atoms with E-state index >= 15 is 0 Å². The molecule has 0 saturated heterocycles. The third kappa shape index (κ3) is 2.91. The quantitative estimate of drug-likeness (QED) is 0.560. The number of hydrogen-bond acceptors (Lipinski definition) is 5. The minimum Gasteiger partial charge on any atom is -0.318 e. The highest BCUT2D eigenvalue weighted by Crippen LogP contribution is 2.14. The Hall–Kier alpha value is -3.26. The maximum Gasteiger partial charge on any atom is 0.275 e. The summed E-state index contributed by atoms with van der Waals surface area (Å²) in [6.07, 6.45) is 1.58. The van der Waals surface area contributed by atoms with E-state index in [1.54, 1.807) is 18.3 Å². The fourth-order valence-electron chi connectivity index (χ4n) is 2.71. The van der Waals surface area contributed by atoms with Gasteiger partial charge in [0.1, 0.15) is 6.54 Å². The lowest BCUT2D eigenvalue weighted by molar-refractivity contribution is -0.122. The molecule has 0 radical (unpaired) electrons. The molecule has 0 aliphatic rings. The predicted octanol–water partition coefficient (Wildman–Crippen LogP) is 1.58. The first-order chi connectivity index (χ1) is 12.6. The van der Waals surface area contributed by atoms with Crippen LogP contribution in [0.3, 0.4) is 0 Å². The van der Waals surface area contributed by atoms with Gasteiger partial charge in [-0.2, -0.15) is 5.10 Å². The number of rotatable bonds is 3. The molecule has 4 rings (SSSR count). The normalized spacial score (nSPS) is 12.0. The molecule has 2 aromatic heterocycles. The molecule has 0 unspecified atom stereocenters. The number of carbonyl (C=O) groups is 1. The lowest BCUT2D eigenvalue weighted by atomic mass is 10.2. The summed E-state index contributed by atoms with van der Waals surface area (Å²) < 4.78 is 4.12. The van der Waals surface area contributed by atoms with Crippen LogP contribution in [0.1, 0.15) is 0 Å². The van der Waals surface area contributed by atoms with Crippen LogP contribution < -0.4 is 15.8 Å². The van der Waals surface area contributed by atoms with Crippen molar-refractivity contribution in [2.45, 2.75) is 6.54 Å². The van der Waals surface area contributed by atoms with E-state index in [-0.39, 0.29) is 12.1 Å². The van der Waals surface area contributed by atoms with E-state index in [4.69, 9.17) is 0 Å². The van der Waals surface area contributed by atoms with Gasteiger partial charge in [0.25, 0.3) is 11.5 Å². The van der Waals surface area contributed by atoms with Gasteiger partial charge < -0.3 is 4.57 Å². The molecule has 0 atom stereocenters. The number of fused-ring (bicyclic) bond motifs is 2. The number of aryl methyl sites for hydroxylation is 1. The predicted molar refractivity (Wildman–Crippen MR) is 101 cm³/mol. The van der Waals surface area contributed by atoms with Crippen molar-refractivity contribution in [2.75, 3.05) is 0 Å². The number of carbonyl (C=O) groups excluding carboxylic acids is 1. The van der Waals surface area contributed by atoms with E-state index < -0.39 is 5.91 Å². The van der Waals surface area contributed by atoms with Crippen molar-refractivity contribution in [3.05, 3.63) is 69.9 Å². The highest BCUT2D eigenvalue weighted by Gasteiger charge is 2.08. The van der Waals surface area contributed by atoms with Crippen molar-refractivity contribution in [1.82, 2.24) is 19.8 Å². The van der Waals surface area contributed by atoms with Gasteiger partial charge in [-0.05, 0) is 18.2 Å². The zero-order chi connectivity index (χ0) is 18.1. The zero-order valence-electron chi connectivity index (χ0n) is 13.9. The van der Waals surface area contributed by atoms with Crippen LogP contribution in [0.15, 0.2) is 64.6 Å². The summed E-state index contributed by atoms with van der Waals surface area (Å²) in [5.41, 5.74) is 3.24. The second-order valence-corrected chi connectivity index (χ2v) is 6.76. The maximum absolute atomic E-state index is 12.4. The molecule has 26 heavy (non-hydrogen) atoms. The zero-order valence-corrected chi connectivity index (χ0v) is 14.7. The van der Waals surface area contributed by atoms with Crippen LogP contribution in [0.25, 0.3) is 21.0 Å². The Bertz CT molecular complexity index is 1250. The van der Waals surface area contributed by atoms with Crippen LogP contribution in [0.4, 0.5) is 0 Å². The van der Waals surface area contributed by atoms with Gasteiger partial charge in [0.05, 0.1) is 21.8 Å². The third-order valence-corrected chi connectivity index (χ3v) is 5.16. The van der Waals surface area contributed by atoms with Crippen molar-refractivity contribution < 1.29 is 4.79 Å². The Morgan fingerprint density at radius 3 is 2.81 bits per heavy atom. The molecule has 0 aliphatic heterocycles. The number of aromatic nitrogens is 3. The standard InChI is InChI=1S/C18H15N5O2S/c1-22-14-8-4-5-9-15(14)26-18(22)21-20-16(24)11-23-17(25)13-7-3-2-6-12(13)10-19-23/h2-10H,11H2,1H3,(H,20,24)/b21-18+. The molecular weight excluding hydrogens is 350 g/mol. The summed E-state index contributed by atoms with van der Waals surface area (Å²) in [6.45, 7) is -0.193. The number of thiazole rings is 1. The number of para-hydroxylation sites is 1. The van der Waals surface area contributed by atoms with Crippen LogP contribution in [-0.4, -0.2) is 20.3 Å². The molecule has 0 fully saturated rings. The SMILES string of the molecule is Cn1/c(=N\NC(=O)Cn2ncc3ccccc3c2=O)sc2ccccc21. The summed E-state index contributed by atoms with van der Waals surface area (Å²) in [6, 6.07) is 15.1. The number of hydrogen-bond donors (Lipinski definition) is 1. The van der Waals surface area contributed by atoms with Gasteiger partial charge in [0, 0.05) is 12.4 Å². The molecule has 0 saturated carbocycles. The molecule has 8 heteroatoms. The van der Waals surface area contributed by atoms with E-state index in [1.807, 2.05) is 48.0 Å². The molecule has 0 spiro atoms. The van der Waals surface area contributed by atoms with Crippen molar-refractivity contribution >= 4 is 38.2 Å². The fraction of sp³-hybridized carbons (Fsp3) is 0.111. The molecule has 2 heterocycles. The Kier molecular flexibility index (Phi) is 4.10. The number of nitrogens with zero attached hydrogens (tertiary/aromatic N) is 4. The van der Waals surface area contributed by atoms with E-state index in [1.165, 1.54) is 11.3 Å². The van der Waals surface area contributed by atoms with E-state index in [0.29, 0.717) is 10.2 Å². The van der Waals surface area contributed by atoms with Crippen LogP contribution in [0.2, 0.25) is 0 Å². The summed E-state index contributed by atoms with van der Waals surface area (Å²) in [5.74, 6) is -0.410. The smallest absolute Gasteiger partial charge is 0.275 e. The van der Waals surface area contributed by atoms with E-state index in [2.05, 4.69) is 15.6 Å². The molecule has 7 nitrogen and oxygen atoms in total. The molecule has 0 bridgehead atoms. The van der Waals surface area contributed by atoms with Gasteiger partial charge in [-0.1, -0.05) is 41.7 Å². The molecule has 1 amide bonds. The highest BCUT2D eigenvalue weighted by atomic mass is 32.1. The van der Waals surface area contributed by atoms with Gasteiger partial charge >= 0.3 is 0 Å². The largest absolute Gasteiger partial charge is 0.318 e. The van der Waals surface area contributed by atoms with E-state index in [9.17, 15) is 9.59 Å². The second kappa shape index (κ2) is 6.57. The van der Waals surface area contributed by atoms with Gasteiger partial charge in [0.15, 0.2) is 0 Å². The van der Waals surface area contributed by atoms with Crippen LogP contribution in [0.5, 0.6) is 0 Å². The number of benzene rings is 2. The number of amides is 1. The summed E-state index contributed by atoms with van der Waals surface area (Å²) in [5, 5.41) is 9.50. The molecule has 1 N–H and O–H groups in total. The van der Waals surface area contributed by atoms with Crippen LogP contribution >= 0.6 is 11.3 Å². The van der Waals surface area contributed by atoms with E-state index in [0.717, 1.165) is 20.3 Å². The number of nitrogens with one attached hydrogen (secondary N) is 1. The monoisotopic (exact) mass is 365 g/mol. The fourth-order valence-corrected chi connectivity index (χ4v) is 3.69. The first-order valence-corrected chi connectivity index (χ1v) is 8.77. The van der Waals surface area contributed by atoms with Crippen molar-refractivity contribution in [2.24, 2.45) is 12.1 Å². The Morgan fingerprint density at radius 2 is 1.96 bits per heavy atom. The summed E-state index contributed by atoms with van der Waals surface area (Å²) in [4.78, 5) is 25.3. The highest BCUT2D eigenvalue weighted by molar-refractivity contribution is 7.16. The van der Waals surface area contributed by atoms with Crippen molar-refractivity contribution in [3.8, 4) is 0 Å². The van der Waals surface area contributed by atoms with Crippen LogP contribution in [-0.2, 0) is 18.4 Å². The third-order valence-electron chi connectivity index (χ3n) is 4.05. The van der Waals surface area contributed by atoms with Crippen LogP contribution in [0, 0.1) is 0 Å². The van der Waals surface area contributed by atoms with Gasteiger partial charge in [0.2, 0.25) is 4.80 Å². The lowest BCUT2D eigenvalue weighted by Gasteiger charge is -2.04. The molecule has 2 aromatic carbocycles. The Labute approximate surface area is 151 Å². The Balaban J connectivity index is 1.58. The van der Waals surface area contributed by atoms with Gasteiger partial charge in [-0.15, -0.1) is 5.10 Å². The molecule has 0 aliphatic carbocycles.